The highest BCUT2D eigenvalue weighted by Gasteiger charge is 2.67. The van der Waals surface area contributed by atoms with E-state index in [9.17, 15) is 22.8 Å². The van der Waals surface area contributed by atoms with Crippen LogP contribution in [0.25, 0.3) is 0 Å². The molecule has 2 aliphatic rings. The maximum atomic E-state index is 14.5. The van der Waals surface area contributed by atoms with Gasteiger partial charge in [-0.25, -0.2) is 4.99 Å². The number of amides is 2. The van der Waals surface area contributed by atoms with E-state index in [2.05, 4.69) is 4.99 Å². The van der Waals surface area contributed by atoms with Gasteiger partial charge in [-0.3, -0.25) is 14.5 Å². The van der Waals surface area contributed by atoms with Crippen LogP contribution in [0.3, 0.4) is 0 Å². The predicted octanol–water partition coefficient (Wildman–Crippen LogP) is 4.86. The first-order chi connectivity index (χ1) is 16.3. The summed E-state index contributed by atoms with van der Waals surface area (Å²) in [5.74, 6) is -2.62. The van der Waals surface area contributed by atoms with Crippen molar-refractivity contribution in [1.82, 2.24) is 10.2 Å². The van der Waals surface area contributed by atoms with Crippen LogP contribution in [-0.2, 0) is 16.0 Å². The number of alkyl halides is 3. The molecule has 1 heterocycles. The van der Waals surface area contributed by atoms with E-state index in [0.717, 1.165) is 29.7 Å². The van der Waals surface area contributed by atoms with Crippen molar-refractivity contribution in [1.29, 1.82) is 0 Å². The van der Waals surface area contributed by atoms with E-state index in [0.29, 0.717) is 31.2 Å². The van der Waals surface area contributed by atoms with Crippen LogP contribution in [0.15, 0.2) is 65.7 Å². The number of nitrogens with zero attached hydrogens (tertiary/aromatic N) is 2. The van der Waals surface area contributed by atoms with Crippen LogP contribution >= 0.6 is 0 Å². The molecule has 0 bridgehead atoms. The number of amidine groups is 1. The number of rotatable bonds is 7. The fourth-order valence-corrected chi connectivity index (χ4v) is 4.64. The summed E-state index contributed by atoms with van der Waals surface area (Å²) in [5, 5.41) is 2.05. The molecule has 1 N–H and O–H groups in total. The average Bonchev–Trinajstić information content (AvgIpc) is 3.13. The van der Waals surface area contributed by atoms with E-state index in [4.69, 9.17) is 0 Å². The van der Waals surface area contributed by atoms with Gasteiger partial charge in [0.2, 0.25) is 5.91 Å². The molecule has 1 fully saturated rings. The van der Waals surface area contributed by atoms with E-state index in [1.54, 1.807) is 30.3 Å². The lowest BCUT2D eigenvalue weighted by Gasteiger charge is -2.31. The number of aliphatic imine (C=N–C) groups is 1. The number of hydrogen-bond acceptors (Lipinski definition) is 3. The number of nitrogens with one attached hydrogen (secondary N) is 1. The molecule has 8 heteroatoms. The third-order valence-electron chi connectivity index (χ3n) is 6.50. The molecule has 0 spiro atoms. The van der Waals surface area contributed by atoms with Gasteiger partial charge in [0.25, 0.3) is 5.91 Å². The number of carbonyl (C=O) groups is 2. The maximum Gasteiger partial charge on any atom is 0.442 e. The van der Waals surface area contributed by atoms with Gasteiger partial charge in [0, 0.05) is 18.0 Å². The fourth-order valence-electron chi connectivity index (χ4n) is 4.64. The Morgan fingerprint density at radius 3 is 2.24 bits per heavy atom. The van der Waals surface area contributed by atoms with E-state index in [-0.39, 0.29) is 12.4 Å². The highest BCUT2D eigenvalue weighted by atomic mass is 19.4. The van der Waals surface area contributed by atoms with Crippen LogP contribution in [0.4, 0.5) is 13.2 Å². The summed E-state index contributed by atoms with van der Waals surface area (Å²) in [6.45, 7) is 0.0542. The lowest BCUT2D eigenvalue weighted by molar-refractivity contribution is -0.200. The summed E-state index contributed by atoms with van der Waals surface area (Å²) in [5.41, 5.74) is -1.88. The summed E-state index contributed by atoms with van der Waals surface area (Å²) in [4.78, 5) is 31.2. The zero-order chi connectivity index (χ0) is 24.2. The van der Waals surface area contributed by atoms with Crippen molar-refractivity contribution >= 4 is 17.6 Å². The number of aryl methyl sites for hydroxylation is 1. The van der Waals surface area contributed by atoms with Crippen LogP contribution in [0.2, 0.25) is 0 Å². The second kappa shape index (κ2) is 9.99. The third kappa shape index (κ3) is 4.86. The van der Waals surface area contributed by atoms with Gasteiger partial charge in [0.1, 0.15) is 5.84 Å². The van der Waals surface area contributed by atoms with Crippen LogP contribution in [0.1, 0.15) is 49.7 Å². The Hall–Kier alpha value is -3.16. The fraction of sp³-hybridized carbons (Fsp3) is 0.423. The van der Waals surface area contributed by atoms with E-state index in [1.807, 2.05) is 35.6 Å². The molecule has 5 nitrogen and oxygen atoms in total. The van der Waals surface area contributed by atoms with Gasteiger partial charge in [0.15, 0.2) is 0 Å². The van der Waals surface area contributed by atoms with E-state index in [1.165, 1.54) is 0 Å². The Morgan fingerprint density at radius 1 is 1.00 bits per heavy atom. The Labute approximate surface area is 197 Å². The monoisotopic (exact) mass is 471 g/mol. The lowest BCUT2D eigenvalue weighted by atomic mass is 9.88. The Kier molecular flexibility index (Phi) is 7.05. The highest BCUT2D eigenvalue weighted by molar-refractivity contribution is 6.16. The van der Waals surface area contributed by atoms with Crippen molar-refractivity contribution in [3.05, 3.63) is 71.8 Å². The first-order valence-electron chi connectivity index (χ1n) is 11.7. The van der Waals surface area contributed by atoms with E-state index < -0.39 is 29.6 Å². The first-order valence-corrected chi connectivity index (χ1v) is 11.7. The van der Waals surface area contributed by atoms with Crippen molar-refractivity contribution in [3.63, 3.8) is 0 Å². The number of benzene rings is 2. The van der Waals surface area contributed by atoms with Crippen LogP contribution in [0.5, 0.6) is 0 Å². The quantitative estimate of drug-likeness (QED) is 0.627. The largest absolute Gasteiger partial charge is 0.442 e. The van der Waals surface area contributed by atoms with Gasteiger partial charge in [-0.15, -0.1) is 0 Å². The number of hydrogen-bond donors (Lipinski definition) is 1. The Balaban J connectivity index is 1.64. The minimum atomic E-state index is -5.08. The van der Waals surface area contributed by atoms with Gasteiger partial charge < -0.3 is 5.32 Å². The maximum absolute atomic E-state index is 14.5. The first kappa shape index (κ1) is 24.0. The van der Waals surface area contributed by atoms with Crippen molar-refractivity contribution in [2.45, 2.75) is 56.8 Å². The van der Waals surface area contributed by atoms with Crippen molar-refractivity contribution in [2.24, 2.45) is 10.9 Å². The molecular formula is C26H28F3N3O2. The second-order valence-electron chi connectivity index (χ2n) is 8.88. The molecule has 1 saturated carbocycles. The van der Waals surface area contributed by atoms with Gasteiger partial charge >= 0.3 is 11.8 Å². The normalized spacial score (nSPS) is 21.4. The number of halogens is 3. The standard InChI is InChI=1S/C26H28F3N3O2/c27-26(28,29)25(31-23(33)21-16-8-3-9-17-21)24(34)32(18-10-13-19-11-4-1-5-12-19)22(30-25)20-14-6-2-7-15-20/h1-2,4-7,11-12,14-15,21H,3,8-10,13,16-18H2,(H,31,33)/t25-/m0/s1. The highest BCUT2D eigenvalue weighted by Crippen LogP contribution is 2.39. The molecule has 0 saturated heterocycles. The third-order valence-corrected chi connectivity index (χ3v) is 6.50. The predicted molar refractivity (Wildman–Crippen MR) is 123 cm³/mol. The molecule has 0 aromatic heterocycles. The van der Waals surface area contributed by atoms with Crippen LogP contribution in [0, 0.1) is 5.92 Å². The minimum Gasteiger partial charge on any atom is -0.316 e. The number of carbonyl (C=O) groups excluding carboxylic acids is 2. The van der Waals surface area contributed by atoms with Gasteiger partial charge in [-0.1, -0.05) is 79.9 Å². The molecule has 180 valence electrons. The Morgan fingerprint density at radius 2 is 1.62 bits per heavy atom. The summed E-state index contributed by atoms with van der Waals surface area (Å²) < 4.78 is 43.4. The summed E-state index contributed by atoms with van der Waals surface area (Å²) in [7, 11) is 0. The molecule has 4 rings (SSSR count). The summed E-state index contributed by atoms with van der Waals surface area (Å²) in [6.07, 6.45) is -0.466. The minimum absolute atomic E-state index is 0.0542. The SMILES string of the molecule is O=C(N[C@@]1(C(F)(F)F)N=C(c2ccccc2)N(CCCc2ccccc2)C1=O)C1CCCCC1. The van der Waals surface area contributed by atoms with Crippen LogP contribution < -0.4 is 5.32 Å². The van der Waals surface area contributed by atoms with Crippen molar-refractivity contribution < 1.29 is 22.8 Å². The zero-order valence-electron chi connectivity index (χ0n) is 18.9. The van der Waals surface area contributed by atoms with Crippen molar-refractivity contribution in [2.75, 3.05) is 6.54 Å². The second-order valence-corrected chi connectivity index (χ2v) is 8.88. The average molecular weight is 472 g/mol. The molecule has 2 amide bonds. The Bertz CT molecular complexity index is 1030. The van der Waals surface area contributed by atoms with E-state index >= 15 is 0 Å². The molecule has 2 aromatic carbocycles. The molecule has 1 aliphatic carbocycles. The molecule has 0 radical (unpaired) electrons. The molecule has 1 atom stereocenters. The van der Waals surface area contributed by atoms with Gasteiger partial charge in [-0.2, -0.15) is 13.2 Å². The molecular weight excluding hydrogens is 443 g/mol. The molecule has 0 unspecified atom stereocenters. The summed E-state index contributed by atoms with van der Waals surface area (Å²) in [6, 6.07) is 17.9. The van der Waals surface area contributed by atoms with Crippen molar-refractivity contribution in [3.8, 4) is 0 Å². The summed E-state index contributed by atoms with van der Waals surface area (Å²) >= 11 is 0. The zero-order valence-corrected chi connectivity index (χ0v) is 18.9. The van der Waals surface area contributed by atoms with Gasteiger partial charge in [-0.05, 0) is 31.2 Å². The smallest absolute Gasteiger partial charge is 0.316 e. The van der Waals surface area contributed by atoms with Gasteiger partial charge in [0.05, 0.1) is 0 Å². The topological polar surface area (TPSA) is 61.8 Å². The molecule has 1 aliphatic heterocycles. The molecule has 34 heavy (non-hydrogen) atoms. The molecule has 2 aromatic rings. The lowest BCUT2D eigenvalue weighted by Crippen LogP contribution is -2.64. The van der Waals surface area contributed by atoms with Crippen LogP contribution in [-0.4, -0.2) is 40.9 Å².